The molecular formula is C15H18ClN4OS+. The summed E-state index contributed by atoms with van der Waals surface area (Å²) >= 11 is 11.3. The van der Waals surface area contributed by atoms with Gasteiger partial charge >= 0.3 is 0 Å². The van der Waals surface area contributed by atoms with E-state index in [9.17, 15) is 4.79 Å². The van der Waals surface area contributed by atoms with Crippen molar-refractivity contribution in [1.29, 1.82) is 0 Å². The molecule has 2 aromatic rings. The largest absolute Gasteiger partial charge is 0.324 e. The topological polar surface area (TPSA) is 54.3 Å². The van der Waals surface area contributed by atoms with Gasteiger partial charge in [0.1, 0.15) is 17.9 Å². The third kappa shape index (κ3) is 2.82. The molecule has 0 amide bonds. The molecule has 116 valence electrons. The molecule has 5 nitrogen and oxygen atoms in total. The molecule has 1 aromatic carbocycles. The van der Waals surface area contributed by atoms with Gasteiger partial charge in [0, 0.05) is 10.7 Å². The molecule has 3 N–H and O–H groups in total. The maximum Gasteiger partial charge on any atom is 0.262 e. The molecule has 22 heavy (non-hydrogen) atoms. The Morgan fingerprint density at radius 3 is 2.77 bits per heavy atom. The first-order valence-electron chi connectivity index (χ1n) is 7.31. The van der Waals surface area contributed by atoms with Crippen molar-refractivity contribution in [2.75, 3.05) is 18.5 Å². The van der Waals surface area contributed by atoms with E-state index >= 15 is 0 Å². The summed E-state index contributed by atoms with van der Waals surface area (Å²) in [6, 6.07) is 7.41. The van der Waals surface area contributed by atoms with Crippen LogP contribution in [0.1, 0.15) is 18.9 Å². The van der Waals surface area contributed by atoms with E-state index in [1.807, 2.05) is 28.8 Å². The van der Waals surface area contributed by atoms with Crippen molar-refractivity contribution >= 4 is 29.6 Å². The molecule has 0 spiro atoms. The van der Waals surface area contributed by atoms with Crippen LogP contribution < -0.4 is 15.8 Å². The standard InChI is InChI=1S/C15H17ClN4OS/c1-2-7-19-8-12-13(17-9-19)20(15(22)18-14(12)21)11-5-3-10(16)4-6-11/h3-6,17H,2,7-9H2,1H3,(H,18,21,22)/p+1. The lowest BCUT2D eigenvalue weighted by atomic mass is 10.2. The second-order valence-corrected chi connectivity index (χ2v) is 6.25. The van der Waals surface area contributed by atoms with Crippen LogP contribution in [0.5, 0.6) is 0 Å². The van der Waals surface area contributed by atoms with Gasteiger partial charge in [-0.05, 0) is 42.9 Å². The van der Waals surface area contributed by atoms with Crippen LogP contribution in [0.4, 0.5) is 5.82 Å². The molecule has 0 bridgehead atoms. The lowest BCUT2D eigenvalue weighted by molar-refractivity contribution is -0.912. The van der Waals surface area contributed by atoms with Gasteiger partial charge in [0.05, 0.1) is 6.54 Å². The Bertz CT molecular complexity index is 797. The number of fused-ring (bicyclic) bond motifs is 1. The molecule has 7 heteroatoms. The SMILES string of the molecule is CCC[NH+]1CNc2c(c(=O)[nH]c(=S)n2-c2ccc(Cl)cc2)C1. The number of hydrogen-bond donors (Lipinski definition) is 3. The van der Waals surface area contributed by atoms with Gasteiger partial charge in [-0.2, -0.15) is 0 Å². The number of benzene rings is 1. The van der Waals surface area contributed by atoms with Gasteiger partial charge in [-0.25, -0.2) is 0 Å². The molecule has 1 aliphatic rings. The van der Waals surface area contributed by atoms with E-state index in [-0.39, 0.29) is 5.56 Å². The minimum atomic E-state index is -0.106. The second-order valence-electron chi connectivity index (χ2n) is 5.43. The van der Waals surface area contributed by atoms with E-state index in [4.69, 9.17) is 23.8 Å². The number of aromatic amines is 1. The third-order valence-corrected chi connectivity index (χ3v) is 4.36. The molecule has 1 aliphatic heterocycles. The zero-order valence-electron chi connectivity index (χ0n) is 12.3. The van der Waals surface area contributed by atoms with Crippen LogP contribution in [0.3, 0.4) is 0 Å². The number of halogens is 1. The van der Waals surface area contributed by atoms with E-state index in [2.05, 4.69) is 17.2 Å². The number of anilines is 1. The van der Waals surface area contributed by atoms with Crippen molar-refractivity contribution in [1.82, 2.24) is 9.55 Å². The fraction of sp³-hybridized carbons (Fsp3) is 0.333. The Kier molecular flexibility index (Phi) is 4.33. The number of hydrogen-bond acceptors (Lipinski definition) is 3. The number of rotatable bonds is 3. The maximum absolute atomic E-state index is 12.3. The maximum atomic E-state index is 12.3. The van der Waals surface area contributed by atoms with Gasteiger partial charge < -0.3 is 10.2 Å². The molecule has 0 fully saturated rings. The Hall–Kier alpha value is -1.63. The van der Waals surface area contributed by atoms with Gasteiger partial charge in [-0.1, -0.05) is 18.5 Å². The molecule has 2 heterocycles. The molecule has 3 rings (SSSR count). The van der Waals surface area contributed by atoms with Crippen LogP contribution in [-0.4, -0.2) is 22.8 Å². The van der Waals surface area contributed by atoms with Gasteiger partial charge in [0.2, 0.25) is 0 Å². The van der Waals surface area contributed by atoms with Crippen LogP contribution in [0.25, 0.3) is 5.69 Å². The number of nitrogens with zero attached hydrogens (tertiary/aromatic N) is 1. The summed E-state index contributed by atoms with van der Waals surface area (Å²) in [5.74, 6) is 0.788. The van der Waals surface area contributed by atoms with Crippen molar-refractivity contribution in [3.63, 3.8) is 0 Å². The molecule has 0 radical (unpaired) electrons. The highest BCUT2D eigenvalue weighted by Crippen LogP contribution is 2.20. The summed E-state index contributed by atoms with van der Waals surface area (Å²) in [5, 5.41) is 4.03. The highest BCUT2D eigenvalue weighted by atomic mass is 35.5. The lowest BCUT2D eigenvalue weighted by Gasteiger charge is -2.28. The van der Waals surface area contributed by atoms with E-state index in [1.54, 1.807) is 0 Å². The van der Waals surface area contributed by atoms with Gasteiger partial charge in [-0.3, -0.25) is 14.3 Å². The quantitative estimate of drug-likeness (QED) is 0.748. The van der Waals surface area contributed by atoms with Crippen LogP contribution in [0.15, 0.2) is 29.1 Å². The number of nitrogens with one attached hydrogen (secondary N) is 3. The normalized spacial score (nSPS) is 16.9. The summed E-state index contributed by atoms with van der Waals surface area (Å²) in [6.07, 6.45) is 1.08. The Balaban J connectivity index is 2.13. The first-order valence-corrected chi connectivity index (χ1v) is 8.10. The predicted octanol–water partition coefficient (Wildman–Crippen LogP) is 1.73. The molecule has 1 unspecified atom stereocenters. The Morgan fingerprint density at radius 2 is 2.09 bits per heavy atom. The molecule has 1 aromatic heterocycles. The van der Waals surface area contributed by atoms with Crippen molar-refractivity contribution in [3.05, 3.63) is 50.0 Å². The highest BCUT2D eigenvalue weighted by molar-refractivity contribution is 7.71. The van der Waals surface area contributed by atoms with E-state index in [0.717, 1.165) is 36.7 Å². The second kappa shape index (κ2) is 6.24. The predicted molar refractivity (Wildman–Crippen MR) is 90.5 cm³/mol. The minimum Gasteiger partial charge on any atom is -0.324 e. The fourth-order valence-corrected chi connectivity index (χ4v) is 3.23. The zero-order valence-corrected chi connectivity index (χ0v) is 13.9. The third-order valence-electron chi connectivity index (χ3n) is 3.83. The lowest BCUT2D eigenvalue weighted by Crippen LogP contribution is -3.12. The van der Waals surface area contributed by atoms with Crippen molar-refractivity contribution in [2.45, 2.75) is 19.9 Å². The first-order chi connectivity index (χ1) is 10.6. The first kappa shape index (κ1) is 15.3. The van der Waals surface area contributed by atoms with Crippen LogP contribution in [0, 0.1) is 4.77 Å². The van der Waals surface area contributed by atoms with E-state index in [1.165, 1.54) is 4.90 Å². The smallest absolute Gasteiger partial charge is 0.262 e. The number of quaternary nitrogens is 1. The van der Waals surface area contributed by atoms with Crippen LogP contribution >= 0.6 is 23.8 Å². The minimum absolute atomic E-state index is 0.106. The molecule has 0 saturated heterocycles. The monoisotopic (exact) mass is 337 g/mol. The van der Waals surface area contributed by atoms with Crippen molar-refractivity contribution < 1.29 is 4.90 Å². The number of aromatic nitrogens is 2. The van der Waals surface area contributed by atoms with Crippen molar-refractivity contribution in [2.24, 2.45) is 0 Å². The summed E-state index contributed by atoms with van der Waals surface area (Å²) < 4.78 is 2.25. The summed E-state index contributed by atoms with van der Waals surface area (Å²) in [6.45, 7) is 4.66. The summed E-state index contributed by atoms with van der Waals surface area (Å²) in [5.41, 5.74) is 1.53. The van der Waals surface area contributed by atoms with Crippen LogP contribution in [0.2, 0.25) is 5.02 Å². The van der Waals surface area contributed by atoms with E-state index in [0.29, 0.717) is 16.3 Å². The van der Waals surface area contributed by atoms with Crippen molar-refractivity contribution in [3.8, 4) is 5.69 Å². The van der Waals surface area contributed by atoms with Gasteiger partial charge in [0.25, 0.3) is 5.56 Å². The Morgan fingerprint density at radius 1 is 1.36 bits per heavy atom. The van der Waals surface area contributed by atoms with Gasteiger partial charge in [0.15, 0.2) is 11.4 Å². The number of H-pyrrole nitrogens is 1. The molecular weight excluding hydrogens is 320 g/mol. The average Bonchev–Trinajstić information content (AvgIpc) is 2.50. The highest BCUT2D eigenvalue weighted by Gasteiger charge is 2.24. The molecule has 0 aliphatic carbocycles. The molecule has 1 atom stereocenters. The van der Waals surface area contributed by atoms with E-state index < -0.39 is 0 Å². The average molecular weight is 338 g/mol. The summed E-state index contributed by atoms with van der Waals surface area (Å²) in [7, 11) is 0. The summed E-state index contributed by atoms with van der Waals surface area (Å²) in [4.78, 5) is 16.4. The molecule has 0 saturated carbocycles. The Labute approximate surface area is 138 Å². The van der Waals surface area contributed by atoms with Crippen LogP contribution in [-0.2, 0) is 6.54 Å². The van der Waals surface area contributed by atoms with Gasteiger partial charge in [-0.15, -0.1) is 0 Å². The fourth-order valence-electron chi connectivity index (χ4n) is 2.81. The zero-order chi connectivity index (χ0) is 15.7.